The molecule has 156 valence electrons. The maximum absolute atomic E-state index is 2.41. The highest BCUT2D eigenvalue weighted by Gasteiger charge is 2.23. The molecule has 0 atom stereocenters. The van der Waals surface area contributed by atoms with Crippen LogP contribution in [0.2, 0.25) is 0 Å². The third-order valence-corrected chi connectivity index (χ3v) is 7.50. The average molecular weight is 429 g/mol. The van der Waals surface area contributed by atoms with Gasteiger partial charge in [-0.25, -0.2) is 0 Å². The normalized spacial score (nSPS) is 12.1. The Morgan fingerprint density at radius 3 is 1.74 bits per heavy atom. The maximum atomic E-state index is 2.41. The highest BCUT2D eigenvalue weighted by Crippen LogP contribution is 2.50. The molecule has 0 spiro atoms. The van der Waals surface area contributed by atoms with Crippen molar-refractivity contribution < 1.29 is 0 Å². The van der Waals surface area contributed by atoms with Gasteiger partial charge in [-0.1, -0.05) is 84.9 Å². The zero-order chi connectivity index (χ0) is 22.2. The third kappa shape index (κ3) is 2.43. The molecule has 34 heavy (non-hydrogen) atoms. The molecule has 0 heterocycles. The summed E-state index contributed by atoms with van der Waals surface area (Å²) >= 11 is 0. The van der Waals surface area contributed by atoms with E-state index in [9.17, 15) is 0 Å². The Labute approximate surface area is 197 Å². The number of rotatable bonds is 1. The lowest BCUT2D eigenvalue weighted by atomic mass is 9.93. The molecule has 8 rings (SSSR count). The lowest BCUT2D eigenvalue weighted by molar-refractivity contribution is 1.65. The first kappa shape index (κ1) is 18.1. The largest absolute Gasteiger partial charge is 0.0622 e. The lowest BCUT2D eigenvalue weighted by Gasteiger charge is -2.10. The van der Waals surface area contributed by atoms with Crippen LogP contribution in [-0.2, 0) is 0 Å². The quantitative estimate of drug-likeness (QED) is 0.180. The summed E-state index contributed by atoms with van der Waals surface area (Å²) in [7, 11) is 0. The SMILES string of the molecule is c1ccc(-c2ccc3c(c2)cc2c4c(cccc43)-c3cc4cc5ccccc5cc4cc3-2)cc1. The van der Waals surface area contributed by atoms with Crippen molar-refractivity contribution in [3.8, 4) is 33.4 Å². The third-order valence-electron chi connectivity index (χ3n) is 7.50. The van der Waals surface area contributed by atoms with Crippen LogP contribution in [0, 0.1) is 0 Å². The van der Waals surface area contributed by atoms with Gasteiger partial charge >= 0.3 is 0 Å². The fourth-order valence-electron chi connectivity index (χ4n) is 5.91. The van der Waals surface area contributed by atoms with E-state index in [0.717, 1.165) is 0 Å². The van der Waals surface area contributed by atoms with E-state index in [1.165, 1.54) is 76.5 Å². The Kier molecular flexibility index (Phi) is 3.48. The minimum absolute atomic E-state index is 1.26. The topological polar surface area (TPSA) is 0 Å². The van der Waals surface area contributed by atoms with E-state index in [-0.39, 0.29) is 0 Å². The average Bonchev–Trinajstić information content (AvgIpc) is 3.20. The van der Waals surface area contributed by atoms with Gasteiger partial charge in [0.2, 0.25) is 0 Å². The molecule has 0 fully saturated rings. The van der Waals surface area contributed by atoms with E-state index >= 15 is 0 Å². The number of fused-ring (bicyclic) bond motifs is 7. The van der Waals surface area contributed by atoms with Gasteiger partial charge in [0.05, 0.1) is 0 Å². The highest BCUT2D eigenvalue weighted by molar-refractivity contribution is 6.25. The minimum Gasteiger partial charge on any atom is -0.0622 e. The Morgan fingerprint density at radius 1 is 0.294 bits per heavy atom. The Morgan fingerprint density at radius 2 is 0.971 bits per heavy atom. The van der Waals surface area contributed by atoms with Crippen molar-refractivity contribution in [1.29, 1.82) is 0 Å². The number of hydrogen-bond acceptors (Lipinski definition) is 0. The molecule has 1 aliphatic rings. The minimum atomic E-state index is 1.26. The summed E-state index contributed by atoms with van der Waals surface area (Å²) in [5.41, 5.74) is 7.93. The van der Waals surface area contributed by atoms with Gasteiger partial charge in [0.15, 0.2) is 0 Å². The van der Waals surface area contributed by atoms with Crippen molar-refractivity contribution in [3.63, 3.8) is 0 Å². The van der Waals surface area contributed by atoms with Gasteiger partial charge in [0.1, 0.15) is 0 Å². The Hall–Kier alpha value is -4.42. The van der Waals surface area contributed by atoms with Crippen LogP contribution >= 0.6 is 0 Å². The summed E-state index contributed by atoms with van der Waals surface area (Å²) in [4.78, 5) is 0. The Balaban J connectivity index is 1.45. The molecule has 0 N–H and O–H groups in total. The summed E-state index contributed by atoms with van der Waals surface area (Å²) < 4.78 is 0. The van der Waals surface area contributed by atoms with Gasteiger partial charge in [0.25, 0.3) is 0 Å². The van der Waals surface area contributed by atoms with Crippen LogP contribution in [-0.4, -0.2) is 0 Å². The highest BCUT2D eigenvalue weighted by atomic mass is 14.3. The van der Waals surface area contributed by atoms with E-state index in [4.69, 9.17) is 0 Å². The molecule has 7 aromatic rings. The van der Waals surface area contributed by atoms with E-state index < -0.39 is 0 Å². The molecule has 0 nitrogen and oxygen atoms in total. The van der Waals surface area contributed by atoms with Gasteiger partial charge in [-0.2, -0.15) is 0 Å². The van der Waals surface area contributed by atoms with Crippen molar-refractivity contribution >= 4 is 43.1 Å². The molecule has 0 unspecified atom stereocenters. The molecule has 0 saturated carbocycles. The Bertz CT molecular complexity index is 1940. The monoisotopic (exact) mass is 428 g/mol. The van der Waals surface area contributed by atoms with Gasteiger partial charge in [0, 0.05) is 0 Å². The molecule has 0 saturated heterocycles. The standard InChI is InChI=1S/C34H20/c1-2-7-21(8-3-1)24-13-14-28-27(17-24)20-33-32-19-26-16-23-10-5-4-9-22(23)15-25(26)18-31(32)30-12-6-11-29(28)34(30)33/h1-20H. The molecule has 0 amide bonds. The molecule has 1 aliphatic carbocycles. The molecule has 0 bridgehead atoms. The van der Waals surface area contributed by atoms with Crippen LogP contribution < -0.4 is 0 Å². The number of hydrogen-bond donors (Lipinski definition) is 0. The van der Waals surface area contributed by atoms with E-state index in [2.05, 4.69) is 121 Å². The first-order chi connectivity index (χ1) is 16.8. The van der Waals surface area contributed by atoms with Gasteiger partial charge in [-0.15, -0.1) is 0 Å². The molecule has 0 aromatic heterocycles. The molecule has 7 aromatic carbocycles. The number of benzene rings is 7. The molecule has 0 heteroatoms. The van der Waals surface area contributed by atoms with Crippen LogP contribution in [0.4, 0.5) is 0 Å². The maximum Gasteiger partial charge on any atom is -0.00199 e. The smallest absolute Gasteiger partial charge is 0.00199 e. The van der Waals surface area contributed by atoms with Crippen LogP contribution in [0.1, 0.15) is 0 Å². The zero-order valence-corrected chi connectivity index (χ0v) is 18.5. The summed E-state index contributed by atoms with van der Waals surface area (Å²) in [5, 5.41) is 10.5. The summed E-state index contributed by atoms with van der Waals surface area (Å²) in [6, 6.07) is 44.9. The first-order valence-corrected chi connectivity index (χ1v) is 11.9. The predicted octanol–water partition coefficient (Wildman–Crippen LogP) is 9.61. The second kappa shape index (κ2) is 6.56. The van der Waals surface area contributed by atoms with Gasteiger partial charge in [-0.05, 0) is 113 Å². The molecule has 0 aliphatic heterocycles. The summed E-state index contributed by atoms with van der Waals surface area (Å²) in [5.74, 6) is 0. The van der Waals surface area contributed by atoms with Crippen LogP contribution in [0.5, 0.6) is 0 Å². The van der Waals surface area contributed by atoms with E-state index in [0.29, 0.717) is 0 Å². The second-order valence-corrected chi connectivity index (χ2v) is 9.40. The van der Waals surface area contributed by atoms with E-state index in [1.807, 2.05) is 0 Å². The van der Waals surface area contributed by atoms with Crippen molar-refractivity contribution in [2.45, 2.75) is 0 Å². The summed E-state index contributed by atoms with van der Waals surface area (Å²) in [6.45, 7) is 0. The van der Waals surface area contributed by atoms with E-state index in [1.54, 1.807) is 0 Å². The van der Waals surface area contributed by atoms with Crippen LogP contribution in [0.25, 0.3) is 76.5 Å². The molecule has 0 radical (unpaired) electrons. The molecular formula is C34H20. The van der Waals surface area contributed by atoms with Crippen molar-refractivity contribution in [3.05, 3.63) is 121 Å². The molecular weight excluding hydrogens is 408 g/mol. The fourth-order valence-corrected chi connectivity index (χ4v) is 5.91. The van der Waals surface area contributed by atoms with Crippen LogP contribution in [0.15, 0.2) is 121 Å². The van der Waals surface area contributed by atoms with Crippen molar-refractivity contribution in [2.24, 2.45) is 0 Å². The fraction of sp³-hybridized carbons (Fsp3) is 0. The predicted molar refractivity (Wildman–Crippen MR) is 146 cm³/mol. The second-order valence-electron chi connectivity index (χ2n) is 9.40. The summed E-state index contributed by atoms with van der Waals surface area (Å²) in [6.07, 6.45) is 0. The zero-order valence-electron chi connectivity index (χ0n) is 18.5. The van der Waals surface area contributed by atoms with Crippen LogP contribution in [0.3, 0.4) is 0 Å². The van der Waals surface area contributed by atoms with Crippen molar-refractivity contribution in [2.75, 3.05) is 0 Å². The van der Waals surface area contributed by atoms with Gasteiger partial charge < -0.3 is 0 Å². The lowest BCUT2D eigenvalue weighted by Crippen LogP contribution is -1.83. The van der Waals surface area contributed by atoms with Crippen molar-refractivity contribution in [1.82, 2.24) is 0 Å². The van der Waals surface area contributed by atoms with Gasteiger partial charge in [-0.3, -0.25) is 0 Å². The first-order valence-electron chi connectivity index (χ1n) is 11.9.